The summed E-state index contributed by atoms with van der Waals surface area (Å²) in [6, 6.07) is 0. The second-order valence-corrected chi connectivity index (χ2v) is 4.18. The Morgan fingerprint density at radius 1 is 1.42 bits per heavy atom. The Morgan fingerprint density at radius 2 is 1.67 bits per heavy atom. The van der Waals surface area contributed by atoms with Crippen LogP contribution in [-0.2, 0) is 14.3 Å². The van der Waals surface area contributed by atoms with Crippen LogP contribution >= 0.6 is 0 Å². The summed E-state index contributed by atoms with van der Waals surface area (Å²) >= 11 is 0. The fourth-order valence-electron chi connectivity index (χ4n) is 0.737. The van der Waals surface area contributed by atoms with Crippen LogP contribution in [0.4, 0.5) is 0 Å². The highest BCUT2D eigenvalue weighted by Crippen LogP contribution is 2.05. The zero-order valence-corrected chi connectivity index (χ0v) is 10.1. The summed E-state index contributed by atoms with van der Waals surface area (Å²) in [4.78, 5) is 8.35. The molecular formula is C7H17NO3Si. The van der Waals surface area contributed by atoms with Gasteiger partial charge in [-0.25, -0.2) is 10.2 Å². The van der Waals surface area contributed by atoms with Gasteiger partial charge in [-0.2, -0.15) is 0 Å². The van der Waals surface area contributed by atoms with Crippen molar-refractivity contribution in [2.75, 3.05) is 13.2 Å². The molecule has 0 radical (unpaired) electrons. The van der Waals surface area contributed by atoms with Crippen molar-refractivity contribution < 1.29 is 14.3 Å². The van der Waals surface area contributed by atoms with Crippen molar-refractivity contribution in [3.05, 3.63) is 0 Å². The molecule has 0 aliphatic rings. The third kappa shape index (κ3) is 12.2. The number of carbonyl (C=O) groups excluding carboxylic acids is 1. The molecule has 72 valence electrons. The van der Waals surface area contributed by atoms with Crippen LogP contribution in [0.2, 0.25) is 0 Å². The van der Waals surface area contributed by atoms with Crippen LogP contribution < -0.4 is 0 Å². The minimum absolute atomic E-state index is 0.260. The fraction of sp³-hybridized carbons (Fsp3) is 0.857. The maximum absolute atomic E-state index is 8.35. The Balaban J connectivity index is 0. The average Bonchev–Trinajstić information content (AvgIpc) is 1.88. The van der Waals surface area contributed by atoms with Crippen molar-refractivity contribution >= 4 is 16.3 Å². The van der Waals surface area contributed by atoms with Crippen LogP contribution in [0.3, 0.4) is 0 Å². The van der Waals surface area contributed by atoms with Crippen LogP contribution in [0.1, 0.15) is 20.8 Å². The lowest BCUT2D eigenvalue weighted by atomic mass is 10.7. The average molecular weight is 191 g/mol. The Morgan fingerprint density at radius 3 is 1.83 bits per heavy atom. The van der Waals surface area contributed by atoms with Gasteiger partial charge in [0, 0.05) is 13.2 Å². The highest BCUT2D eigenvalue weighted by Gasteiger charge is 2.15. The van der Waals surface area contributed by atoms with Gasteiger partial charge in [-0.05, 0) is 20.8 Å². The van der Waals surface area contributed by atoms with E-state index in [9.17, 15) is 0 Å². The molecule has 0 unspecified atom stereocenters. The van der Waals surface area contributed by atoms with Gasteiger partial charge in [0.05, 0.1) is 10.2 Å². The fourth-order valence-corrected chi connectivity index (χ4v) is 1.31. The highest BCUT2D eigenvalue weighted by atomic mass is 28.1. The Bertz CT molecular complexity index is 125. The Labute approximate surface area is 76.2 Å². The molecule has 0 aliphatic carbocycles. The van der Waals surface area contributed by atoms with Gasteiger partial charge in [-0.3, -0.25) is 0 Å². The monoisotopic (exact) mass is 191 g/mol. The van der Waals surface area contributed by atoms with E-state index in [1.165, 1.54) is 0 Å². The molecule has 0 fully saturated rings. The standard InChI is InChI=1S/C6H16O2Si.CHNO/c1-4-7-6(3,9)8-5-2;2-1-3/h4-5H2,1-3,9H3;2H. The van der Waals surface area contributed by atoms with Crippen molar-refractivity contribution in [2.24, 2.45) is 0 Å². The van der Waals surface area contributed by atoms with E-state index in [2.05, 4.69) is 0 Å². The van der Waals surface area contributed by atoms with Gasteiger partial charge < -0.3 is 9.47 Å². The van der Waals surface area contributed by atoms with E-state index < -0.39 is 0 Å². The van der Waals surface area contributed by atoms with Crippen LogP contribution in [0.25, 0.3) is 0 Å². The molecule has 0 saturated carbocycles. The van der Waals surface area contributed by atoms with Gasteiger partial charge in [-0.1, -0.05) is 0 Å². The summed E-state index contributed by atoms with van der Waals surface area (Å²) in [5, 5.41) is 5.40. The first-order valence-corrected chi connectivity index (χ1v) is 4.85. The van der Waals surface area contributed by atoms with Gasteiger partial charge in [0.2, 0.25) is 6.08 Å². The summed E-state index contributed by atoms with van der Waals surface area (Å²) in [7, 11) is 0.923. The topological polar surface area (TPSA) is 59.4 Å². The van der Waals surface area contributed by atoms with E-state index >= 15 is 0 Å². The number of hydrogen-bond acceptors (Lipinski definition) is 4. The zero-order valence-electron chi connectivity index (χ0n) is 8.14. The van der Waals surface area contributed by atoms with E-state index in [4.69, 9.17) is 19.7 Å². The van der Waals surface area contributed by atoms with Crippen molar-refractivity contribution in [3.63, 3.8) is 0 Å². The van der Waals surface area contributed by atoms with Gasteiger partial charge in [0.1, 0.15) is 5.41 Å². The quantitative estimate of drug-likeness (QED) is 0.294. The summed E-state index contributed by atoms with van der Waals surface area (Å²) < 4.78 is 10.6. The molecule has 0 saturated heterocycles. The predicted octanol–water partition coefficient (Wildman–Crippen LogP) is -0.000530. The molecule has 0 bridgehead atoms. The zero-order chi connectivity index (χ0) is 10.0. The summed E-state index contributed by atoms with van der Waals surface area (Å²) in [5.74, 6) is 0. The summed E-state index contributed by atoms with van der Waals surface area (Å²) in [6.45, 7) is 7.41. The van der Waals surface area contributed by atoms with E-state index in [1.807, 2.05) is 20.8 Å². The first kappa shape index (κ1) is 14.1. The number of ether oxygens (including phenoxy) is 2. The molecule has 4 nitrogen and oxygen atoms in total. The van der Waals surface area contributed by atoms with E-state index in [-0.39, 0.29) is 5.41 Å². The second kappa shape index (κ2) is 8.61. The highest BCUT2D eigenvalue weighted by molar-refractivity contribution is 6.13. The molecule has 0 atom stereocenters. The number of hydrogen-bond donors (Lipinski definition) is 1. The van der Waals surface area contributed by atoms with Crippen LogP contribution in [0.5, 0.6) is 0 Å². The molecule has 0 aromatic heterocycles. The van der Waals surface area contributed by atoms with Crippen molar-refractivity contribution in [1.82, 2.24) is 0 Å². The normalized spacial score (nSPS) is 9.92. The maximum Gasteiger partial charge on any atom is 0.231 e. The molecule has 0 aromatic rings. The molecule has 12 heavy (non-hydrogen) atoms. The van der Waals surface area contributed by atoms with E-state index in [0.29, 0.717) is 0 Å². The Kier molecular flexibility index (Phi) is 10.1. The maximum atomic E-state index is 8.35. The molecule has 0 heterocycles. The van der Waals surface area contributed by atoms with Crippen LogP contribution in [-0.4, -0.2) is 34.9 Å². The smallest absolute Gasteiger partial charge is 0.231 e. The molecule has 5 heteroatoms. The molecule has 0 amide bonds. The van der Waals surface area contributed by atoms with E-state index in [1.54, 1.807) is 0 Å². The van der Waals surface area contributed by atoms with Gasteiger partial charge in [0.15, 0.2) is 0 Å². The predicted molar refractivity (Wildman–Crippen MR) is 50.0 cm³/mol. The Hall–Kier alpha value is -0.483. The van der Waals surface area contributed by atoms with Crippen molar-refractivity contribution in [3.8, 4) is 0 Å². The van der Waals surface area contributed by atoms with Crippen LogP contribution in [0.15, 0.2) is 0 Å². The van der Waals surface area contributed by atoms with Crippen LogP contribution in [0, 0.1) is 5.41 Å². The van der Waals surface area contributed by atoms with Gasteiger partial charge in [0.25, 0.3) is 0 Å². The number of nitrogens with one attached hydrogen (secondary N) is 1. The van der Waals surface area contributed by atoms with Gasteiger partial charge >= 0.3 is 0 Å². The molecule has 0 spiro atoms. The molecule has 0 rings (SSSR count). The summed E-state index contributed by atoms with van der Waals surface area (Å²) in [5.41, 5.74) is -0.260. The minimum atomic E-state index is -0.260. The lowest BCUT2D eigenvalue weighted by molar-refractivity contribution is -0.160. The van der Waals surface area contributed by atoms with Gasteiger partial charge in [-0.15, -0.1) is 0 Å². The molecule has 0 aliphatic heterocycles. The SMILES string of the molecule is CCOC(C)([SiH3])OCC.N=C=O. The third-order valence-corrected chi connectivity index (χ3v) is 1.56. The lowest BCUT2D eigenvalue weighted by Gasteiger charge is -2.24. The first-order valence-electron chi connectivity index (χ1n) is 3.85. The minimum Gasteiger partial charge on any atom is -0.355 e. The molecule has 1 N–H and O–H groups in total. The molecular weight excluding hydrogens is 174 g/mol. The van der Waals surface area contributed by atoms with Crippen molar-refractivity contribution in [1.29, 1.82) is 5.41 Å². The van der Waals surface area contributed by atoms with E-state index in [0.717, 1.165) is 29.5 Å². The number of isocyanates is 1. The lowest BCUT2D eigenvalue weighted by Crippen LogP contribution is -2.32. The summed E-state index contributed by atoms with van der Waals surface area (Å²) in [6.07, 6.45) is 0.750. The number of rotatable bonds is 4. The largest absolute Gasteiger partial charge is 0.355 e. The van der Waals surface area contributed by atoms with Crippen molar-refractivity contribution in [2.45, 2.75) is 26.2 Å². The third-order valence-electron chi connectivity index (χ3n) is 0.984. The molecule has 0 aromatic carbocycles. The first-order chi connectivity index (χ1) is 5.54. The second-order valence-electron chi connectivity index (χ2n) is 2.37.